The number of piperidine rings is 1. The van der Waals surface area contributed by atoms with Crippen LogP contribution in [0, 0.1) is 0 Å². The van der Waals surface area contributed by atoms with Crippen molar-refractivity contribution in [2.75, 3.05) is 19.7 Å². The molecule has 1 aromatic heterocycles. The lowest BCUT2D eigenvalue weighted by Crippen LogP contribution is -2.41. The summed E-state index contributed by atoms with van der Waals surface area (Å²) >= 11 is 1.75. The third-order valence-corrected chi connectivity index (χ3v) is 6.30. The van der Waals surface area contributed by atoms with E-state index in [0.717, 1.165) is 48.6 Å². The molecule has 1 unspecified atom stereocenters. The van der Waals surface area contributed by atoms with Crippen molar-refractivity contribution in [3.8, 4) is 5.75 Å². The molecule has 4 nitrogen and oxygen atoms in total. The molecular weight excluding hydrogens is 356 g/mol. The second kappa shape index (κ2) is 8.09. The number of carbonyl (C=O) groups excluding carboxylic acids is 1. The summed E-state index contributed by atoms with van der Waals surface area (Å²) in [7, 11) is 0. The van der Waals surface area contributed by atoms with Crippen LogP contribution in [0.15, 0.2) is 48.5 Å². The Bertz CT molecular complexity index is 904. The average molecular weight is 381 g/mol. The number of hydrogen-bond donors (Lipinski definition) is 0. The SMILES string of the molecule is CCc1cccc(OCC(=O)N2CCCC(c3nc4ccccc4s3)C2)c1. The van der Waals surface area contributed by atoms with Gasteiger partial charge in [-0.1, -0.05) is 31.2 Å². The highest BCUT2D eigenvalue weighted by molar-refractivity contribution is 7.18. The lowest BCUT2D eigenvalue weighted by molar-refractivity contribution is -0.134. The number of hydrogen-bond acceptors (Lipinski definition) is 4. The van der Waals surface area contributed by atoms with E-state index in [4.69, 9.17) is 9.72 Å². The van der Waals surface area contributed by atoms with Gasteiger partial charge in [-0.2, -0.15) is 0 Å². The monoisotopic (exact) mass is 380 g/mol. The Hall–Kier alpha value is -2.40. The number of benzene rings is 2. The second-order valence-corrected chi connectivity index (χ2v) is 8.05. The van der Waals surface area contributed by atoms with Crippen molar-refractivity contribution < 1.29 is 9.53 Å². The van der Waals surface area contributed by atoms with E-state index in [9.17, 15) is 4.79 Å². The lowest BCUT2D eigenvalue weighted by Gasteiger charge is -2.31. The molecule has 1 aliphatic heterocycles. The molecule has 1 aliphatic rings. The first-order valence-electron chi connectivity index (χ1n) is 9.58. The van der Waals surface area contributed by atoms with Crippen molar-refractivity contribution in [1.82, 2.24) is 9.88 Å². The normalized spacial score (nSPS) is 17.2. The number of aromatic nitrogens is 1. The van der Waals surface area contributed by atoms with E-state index in [-0.39, 0.29) is 12.5 Å². The van der Waals surface area contributed by atoms with E-state index in [1.807, 2.05) is 35.2 Å². The van der Waals surface area contributed by atoms with Crippen molar-refractivity contribution >= 4 is 27.5 Å². The first-order valence-corrected chi connectivity index (χ1v) is 10.4. The van der Waals surface area contributed by atoms with Crippen LogP contribution in [-0.2, 0) is 11.2 Å². The molecular formula is C22H24N2O2S. The van der Waals surface area contributed by atoms with Gasteiger partial charge in [-0.15, -0.1) is 11.3 Å². The van der Waals surface area contributed by atoms with Crippen molar-refractivity contribution in [3.05, 3.63) is 59.1 Å². The summed E-state index contributed by atoms with van der Waals surface area (Å²) in [5.74, 6) is 1.15. The number of para-hydroxylation sites is 1. The number of fused-ring (bicyclic) bond motifs is 1. The number of amides is 1. The van der Waals surface area contributed by atoms with Crippen LogP contribution in [0.25, 0.3) is 10.2 Å². The van der Waals surface area contributed by atoms with Crippen LogP contribution >= 0.6 is 11.3 Å². The Balaban J connectivity index is 1.39. The Morgan fingerprint density at radius 3 is 3.00 bits per heavy atom. The largest absolute Gasteiger partial charge is 0.484 e. The number of aryl methyl sites for hydroxylation is 1. The molecule has 0 saturated carbocycles. The molecule has 0 bridgehead atoms. The molecule has 1 atom stereocenters. The molecule has 2 heterocycles. The number of rotatable bonds is 5. The van der Waals surface area contributed by atoms with Gasteiger partial charge in [0.15, 0.2) is 6.61 Å². The van der Waals surface area contributed by atoms with Gasteiger partial charge >= 0.3 is 0 Å². The maximum absolute atomic E-state index is 12.7. The molecule has 5 heteroatoms. The molecule has 4 rings (SSSR count). The molecule has 0 aliphatic carbocycles. The third-order valence-electron chi connectivity index (χ3n) is 5.10. The van der Waals surface area contributed by atoms with Crippen molar-refractivity contribution in [2.24, 2.45) is 0 Å². The molecule has 3 aromatic rings. The van der Waals surface area contributed by atoms with Gasteiger partial charge in [-0.3, -0.25) is 4.79 Å². The zero-order valence-corrected chi connectivity index (χ0v) is 16.4. The van der Waals surface area contributed by atoms with E-state index < -0.39 is 0 Å². The predicted molar refractivity (Wildman–Crippen MR) is 109 cm³/mol. The summed E-state index contributed by atoms with van der Waals surface area (Å²) < 4.78 is 6.97. The predicted octanol–water partition coefficient (Wildman–Crippen LogP) is 4.64. The molecule has 140 valence electrons. The lowest BCUT2D eigenvalue weighted by atomic mass is 9.99. The minimum Gasteiger partial charge on any atom is -0.484 e. The summed E-state index contributed by atoms with van der Waals surface area (Å²) in [4.78, 5) is 19.4. The van der Waals surface area contributed by atoms with Gasteiger partial charge < -0.3 is 9.64 Å². The molecule has 2 aromatic carbocycles. The summed E-state index contributed by atoms with van der Waals surface area (Å²) in [5, 5.41) is 1.14. The van der Waals surface area contributed by atoms with E-state index in [0.29, 0.717) is 5.92 Å². The maximum Gasteiger partial charge on any atom is 0.260 e. The second-order valence-electron chi connectivity index (χ2n) is 6.99. The van der Waals surface area contributed by atoms with Gasteiger partial charge in [-0.25, -0.2) is 4.98 Å². The van der Waals surface area contributed by atoms with Crippen molar-refractivity contribution in [2.45, 2.75) is 32.1 Å². The van der Waals surface area contributed by atoms with E-state index in [2.05, 4.69) is 25.1 Å². The summed E-state index contributed by atoms with van der Waals surface area (Å²) in [6.45, 7) is 3.75. The van der Waals surface area contributed by atoms with Crippen LogP contribution in [0.5, 0.6) is 5.75 Å². The van der Waals surface area contributed by atoms with Crippen LogP contribution in [0.2, 0.25) is 0 Å². The van der Waals surface area contributed by atoms with Crippen LogP contribution in [0.4, 0.5) is 0 Å². The molecule has 1 fully saturated rings. The summed E-state index contributed by atoms with van der Waals surface area (Å²) in [6, 6.07) is 16.2. The fourth-order valence-electron chi connectivity index (χ4n) is 3.56. The van der Waals surface area contributed by atoms with Gasteiger partial charge in [0.1, 0.15) is 5.75 Å². The quantitative estimate of drug-likeness (QED) is 0.647. The highest BCUT2D eigenvalue weighted by atomic mass is 32.1. The Morgan fingerprint density at radius 2 is 2.15 bits per heavy atom. The average Bonchev–Trinajstić information content (AvgIpc) is 3.16. The molecule has 1 saturated heterocycles. The highest BCUT2D eigenvalue weighted by Gasteiger charge is 2.27. The zero-order chi connectivity index (χ0) is 18.6. The van der Waals surface area contributed by atoms with Crippen LogP contribution in [0.1, 0.15) is 36.3 Å². The minimum absolute atomic E-state index is 0.0581. The van der Waals surface area contributed by atoms with Gasteiger partial charge in [0.05, 0.1) is 15.2 Å². The van der Waals surface area contributed by atoms with Gasteiger partial charge in [-0.05, 0) is 49.1 Å². The Morgan fingerprint density at radius 1 is 1.26 bits per heavy atom. The van der Waals surface area contributed by atoms with Gasteiger partial charge in [0.25, 0.3) is 5.91 Å². The van der Waals surface area contributed by atoms with E-state index >= 15 is 0 Å². The van der Waals surface area contributed by atoms with E-state index in [1.54, 1.807) is 11.3 Å². The van der Waals surface area contributed by atoms with Crippen LogP contribution < -0.4 is 4.74 Å². The fraction of sp³-hybridized carbons (Fsp3) is 0.364. The zero-order valence-electron chi connectivity index (χ0n) is 15.6. The number of nitrogens with zero attached hydrogens (tertiary/aromatic N) is 2. The van der Waals surface area contributed by atoms with Gasteiger partial charge in [0.2, 0.25) is 0 Å². The first kappa shape index (κ1) is 18.0. The Kier molecular flexibility index (Phi) is 5.39. The first-order chi connectivity index (χ1) is 13.2. The van der Waals surface area contributed by atoms with Crippen molar-refractivity contribution in [3.63, 3.8) is 0 Å². The van der Waals surface area contributed by atoms with Crippen LogP contribution in [0.3, 0.4) is 0 Å². The van der Waals surface area contributed by atoms with E-state index in [1.165, 1.54) is 10.3 Å². The molecule has 0 radical (unpaired) electrons. The highest BCUT2D eigenvalue weighted by Crippen LogP contribution is 2.33. The number of carbonyl (C=O) groups is 1. The number of ether oxygens (including phenoxy) is 1. The maximum atomic E-state index is 12.7. The summed E-state index contributed by atoms with van der Waals surface area (Å²) in [6.07, 6.45) is 3.06. The summed E-state index contributed by atoms with van der Waals surface area (Å²) in [5.41, 5.74) is 2.27. The minimum atomic E-state index is 0.0581. The molecule has 27 heavy (non-hydrogen) atoms. The van der Waals surface area contributed by atoms with Gasteiger partial charge in [0, 0.05) is 19.0 Å². The topological polar surface area (TPSA) is 42.4 Å². The Labute approximate surface area is 163 Å². The smallest absolute Gasteiger partial charge is 0.260 e. The number of likely N-dealkylation sites (tertiary alicyclic amines) is 1. The fourth-order valence-corrected chi connectivity index (χ4v) is 4.65. The van der Waals surface area contributed by atoms with Crippen LogP contribution in [-0.4, -0.2) is 35.5 Å². The van der Waals surface area contributed by atoms with Crippen molar-refractivity contribution in [1.29, 1.82) is 0 Å². The molecule has 0 spiro atoms. The number of thiazole rings is 1. The molecule has 0 N–H and O–H groups in total. The third kappa shape index (κ3) is 4.14. The standard InChI is InChI=1S/C22H24N2O2S/c1-2-16-7-5-9-18(13-16)26-15-21(25)24-12-6-8-17(14-24)22-23-19-10-3-4-11-20(19)27-22/h3-5,7,9-11,13,17H,2,6,8,12,14-15H2,1H3. The molecule has 1 amide bonds.